The second-order valence-corrected chi connectivity index (χ2v) is 7.02. The van der Waals surface area contributed by atoms with Crippen LogP contribution in [0.15, 0.2) is 12.2 Å². The molecule has 0 amide bonds. The molecular formula is C21H32O8. The number of hydrogen-bond acceptors (Lipinski definition) is 8. The lowest BCUT2D eigenvalue weighted by atomic mass is 10.0. The van der Waals surface area contributed by atoms with Gasteiger partial charge < -0.3 is 14.2 Å². The van der Waals surface area contributed by atoms with Gasteiger partial charge in [-0.2, -0.15) is 0 Å². The summed E-state index contributed by atoms with van der Waals surface area (Å²) in [5.74, 6) is -1.65. The molecule has 8 heteroatoms. The number of carbonyl (C=O) groups is 5. The first-order valence-corrected chi connectivity index (χ1v) is 9.73. The maximum atomic E-state index is 11.8. The molecule has 0 bridgehead atoms. The minimum absolute atomic E-state index is 0.0356. The molecule has 0 aromatic rings. The number of hydrogen-bond donors (Lipinski definition) is 0. The van der Waals surface area contributed by atoms with E-state index in [1.54, 1.807) is 6.92 Å². The molecule has 0 fully saturated rings. The summed E-state index contributed by atoms with van der Waals surface area (Å²) in [6.45, 7) is 9.64. The van der Waals surface area contributed by atoms with E-state index in [0.29, 0.717) is 25.7 Å². The molecule has 2 atom stereocenters. The first-order valence-electron chi connectivity index (χ1n) is 9.73. The second-order valence-electron chi connectivity index (χ2n) is 7.02. The molecule has 8 nitrogen and oxygen atoms in total. The first-order chi connectivity index (χ1) is 13.5. The van der Waals surface area contributed by atoms with Crippen molar-refractivity contribution < 1.29 is 38.2 Å². The Morgan fingerprint density at radius 2 is 1.34 bits per heavy atom. The Balaban J connectivity index is 3.89. The Hall–Kier alpha value is -2.51. The standard InChI is InChI=1S/C21H32O8/c1-14(9-11-20(25)27-16(3)13-15(2)22)7-6-8-19(24)10-12-21(26)29-18(5)28-17(4)23/h16,18H,1,6-13H2,2-5H3. The predicted octanol–water partition coefficient (Wildman–Crippen LogP) is 3.21. The van der Waals surface area contributed by atoms with Gasteiger partial charge in [-0.05, 0) is 33.1 Å². The summed E-state index contributed by atoms with van der Waals surface area (Å²) in [6.07, 6.45) is 0.875. The van der Waals surface area contributed by atoms with E-state index in [1.807, 2.05) is 0 Å². The van der Waals surface area contributed by atoms with Crippen molar-refractivity contribution in [3.63, 3.8) is 0 Å². The van der Waals surface area contributed by atoms with E-state index >= 15 is 0 Å². The number of esters is 3. The Morgan fingerprint density at radius 1 is 0.759 bits per heavy atom. The number of Topliss-reactive ketones (excluding diaryl/α,β-unsaturated/α-hetero) is 2. The average molecular weight is 412 g/mol. The Labute approximate surface area is 171 Å². The van der Waals surface area contributed by atoms with Crippen LogP contribution in [0.25, 0.3) is 0 Å². The van der Waals surface area contributed by atoms with Crippen molar-refractivity contribution in [1.82, 2.24) is 0 Å². The average Bonchev–Trinajstić information content (AvgIpc) is 2.56. The van der Waals surface area contributed by atoms with Crippen LogP contribution in [0.3, 0.4) is 0 Å². The van der Waals surface area contributed by atoms with Crippen molar-refractivity contribution in [3.05, 3.63) is 12.2 Å². The molecule has 0 heterocycles. The SMILES string of the molecule is C=C(CCCC(=O)CCC(=O)OC(C)OC(C)=O)CCC(=O)OC(C)CC(C)=O. The van der Waals surface area contributed by atoms with Crippen molar-refractivity contribution in [2.75, 3.05) is 0 Å². The van der Waals surface area contributed by atoms with Crippen LogP contribution in [0.1, 0.15) is 79.1 Å². The van der Waals surface area contributed by atoms with E-state index in [-0.39, 0.29) is 43.2 Å². The third kappa shape index (κ3) is 16.2. The monoisotopic (exact) mass is 412 g/mol. The zero-order chi connectivity index (χ0) is 22.4. The number of rotatable bonds is 15. The fraction of sp³-hybridized carbons (Fsp3) is 0.667. The summed E-state index contributed by atoms with van der Waals surface area (Å²) >= 11 is 0. The van der Waals surface area contributed by atoms with Gasteiger partial charge >= 0.3 is 17.9 Å². The van der Waals surface area contributed by atoms with Crippen LogP contribution < -0.4 is 0 Å². The Morgan fingerprint density at radius 3 is 1.93 bits per heavy atom. The Bertz CT molecular complexity index is 556. The predicted molar refractivity (Wildman–Crippen MR) is 105 cm³/mol. The zero-order valence-corrected chi connectivity index (χ0v) is 17.8. The van der Waals surface area contributed by atoms with E-state index in [9.17, 15) is 24.0 Å². The van der Waals surface area contributed by atoms with Gasteiger partial charge in [0.25, 0.3) is 0 Å². The van der Waals surface area contributed by atoms with Crippen LogP contribution in [0.2, 0.25) is 0 Å². The van der Waals surface area contributed by atoms with E-state index < -0.39 is 24.3 Å². The molecule has 0 rings (SSSR count). The largest absolute Gasteiger partial charge is 0.462 e. The lowest BCUT2D eigenvalue weighted by molar-refractivity contribution is -0.183. The summed E-state index contributed by atoms with van der Waals surface area (Å²) in [6, 6.07) is 0. The molecule has 164 valence electrons. The summed E-state index contributed by atoms with van der Waals surface area (Å²) in [4.78, 5) is 56.8. The second kappa shape index (κ2) is 14.5. The lowest BCUT2D eigenvalue weighted by Gasteiger charge is -2.12. The molecule has 0 aliphatic heterocycles. The number of ether oxygens (including phenoxy) is 3. The minimum Gasteiger partial charge on any atom is -0.462 e. The first kappa shape index (κ1) is 26.5. The van der Waals surface area contributed by atoms with Gasteiger partial charge in [0, 0.05) is 39.5 Å². The fourth-order valence-electron chi connectivity index (χ4n) is 2.54. The van der Waals surface area contributed by atoms with Gasteiger partial charge in [-0.15, -0.1) is 0 Å². The fourth-order valence-corrected chi connectivity index (χ4v) is 2.54. The normalized spacial score (nSPS) is 12.4. The van der Waals surface area contributed by atoms with Gasteiger partial charge in [-0.3, -0.25) is 24.0 Å². The summed E-state index contributed by atoms with van der Waals surface area (Å²) < 4.78 is 14.6. The smallest absolute Gasteiger partial charge is 0.309 e. The van der Waals surface area contributed by atoms with Crippen LogP contribution >= 0.6 is 0 Å². The maximum Gasteiger partial charge on any atom is 0.309 e. The van der Waals surface area contributed by atoms with Crippen molar-refractivity contribution >= 4 is 29.5 Å². The van der Waals surface area contributed by atoms with E-state index in [1.165, 1.54) is 20.8 Å². The molecule has 0 saturated carbocycles. The molecule has 0 aromatic heterocycles. The highest BCUT2D eigenvalue weighted by Gasteiger charge is 2.14. The molecule has 0 radical (unpaired) electrons. The number of carbonyl (C=O) groups excluding carboxylic acids is 5. The van der Waals surface area contributed by atoms with Gasteiger partial charge in [0.05, 0.1) is 6.42 Å². The molecule has 0 N–H and O–H groups in total. The molecule has 0 aromatic carbocycles. The van der Waals surface area contributed by atoms with Crippen molar-refractivity contribution in [2.24, 2.45) is 0 Å². The highest BCUT2D eigenvalue weighted by atomic mass is 16.7. The summed E-state index contributed by atoms with van der Waals surface area (Å²) in [5, 5.41) is 0. The number of ketones is 2. The molecule has 29 heavy (non-hydrogen) atoms. The van der Waals surface area contributed by atoms with Crippen LogP contribution in [0.4, 0.5) is 0 Å². The third-order valence-electron chi connectivity index (χ3n) is 3.81. The Kier molecular flexibility index (Phi) is 13.2. The highest BCUT2D eigenvalue weighted by Crippen LogP contribution is 2.14. The topological polar surface area (TPSA) is 113 Å². The molecule has 2 unspecified atom stereocenters. The van der Waals surface area contributed by atoms with E-state index in [2.05, 4.69) is 11.3 Å². The maximum absolute atomic E-state index is 11.8. The highest BCUT2D eigenvalue weighted by molar-refractivity contribution is 5.83. The number of allylic oxidation sites excluding steroid dienone is 1. The van der Waals surface area contributed by atoms with Gasteiger partial charge in [-0.25, -0.2) is 0 Å². The van der Waals surface area contributed by atoms with Crippen LogP contribution in [0.5, 0.6) is 0 Å². The summed E-state index contributed by atoms with van der Waals surface area (Å²) in [7, 11) is 0. The van der Waals surface area contributed by atoms with Crippen molar-refractivity contribution in [2.45, 2.75) is 91.5 Å². The van der Waals surface area contributed by atoms with Crippen LogP contribution in [-0.2, 0) is 38.2 Å². The van der Waals surface area contributed by atoms with Gasteiger partial charge in [0.1, 0.15) is 17.7 Å². The third-order valence-corrected chi connectivity index (χ3v) is 3.81. The molecule has 0 aliphatic rings. The van der Waals surface area contributed by atoms with Gasteiger partial charge in [0.2, 0.25) is 6.29 Å². The molecule has 0 spiro atoms. The lowest BCUT2D eigenvalue weighted by Crippen LogP contribution is -2.20. The molecule has 0 saturated heterocycles. The van der Waals surface area contributed by atoms with Gasteiger partial charge in [-0.1, -0.05) is 12.2 Å². The van der Waals surface area contributed by atoms with Crippen molar-refractivity contribution in [3.8, 4) is 0 Å². The van der Waals surface area contributed by atoms with E-state index in [0.717, 1.165) is 5.57 Å². The van der Waals surface area contributed by atoms with Crippen LogP contribution in [0, 0.1) is 0 Å². The van der Waals surface area contributed by atoms with Crippen molar-refractivity contribution in [1.29, 1.82) is 0 Å². The molecular weight excluding hydrogens is 380 g/mol. The molecule has 0 aliphatic carbocycles. The van der Waals surface area contributed by atoms with Crippen LogP contribution in [-0.4, -0.2) is 41.9 Å². The summed E-state index contributed by atoms with van der Waals surface area (Å²) in [5.41, 5.74) is 0.837. The van der Waals surface area contributed by atoms with E-state index in [4.69, 9.17) is 9.47 Å². The quantitative estimate of drug-likeness (QED) is 0.229. The van der Waals surface area contributed by atoms with Gasteiger partial charge in [0.15, 0.2) is 0 Å². The zero-order valence-electron chi connectivity index (χ0n) is 17.8. The minimum atomic E-state index is -0.976.